The normalized spacial score (nSPS) is 21.3. The van der Waals surface area contributed by atoms with Gasteiger partial charge >= 0.3 is 15.6 Å². The van der Waals surface area contributed by atoms with E-state index in [0.29, 0.717) is 28.9 Å². The molecule has 0 N–H and O–H groups in total. The first-order chi connectivity index (χ1) is 20.9. The van der Waals surface area contributed by atoms with Gasteiger partial charge in [0.1, 0.15) is 41.7 Å². The molecule has 1 aliphatic carbocycles. The summed E-state index contributed by atoms with van der Waals surface area (Å²) < 4.78 is 96.8. The van der Waals surface area contributed by atoms with Gasteiger partial charge in [-0.1, -0.05) is 20.8 Å². The van der Waals surface area contributed by atoms with Gasteiger partial charge in [0.05, 0.1) is 12.2 Å². The number of carbonyl (C=O) groups excluding carboxylic acids is 1. The second kappa shape index (κ2) is 11.1. The van der Waals surface area contributed by atoms with E-state index in [1.807, 2.05) is 27.7 Å². The highest BCUT2D eigenvalue weighted by Gasteiger charge is 2.49. The molecule has 2 aliphatic rings. The smallest absolute Gasteiger partial charge is 0.491 e. The van der Waals surface area contributed by atoms with Gasteiger partial charge in [0.15, 0.2) is 19.9 Å². The van der Waals surface area contributed by atoms with Crippen molar-refractivity contribution in [2.24, 2.45) is 0 Å². The van der Waals surface area contributed by atoms with E-state index >= 15 is 0 Å². The van der Waals surface area contributed by atoms with Gasteiger partial charge in [-0.2, -0.15) is 21.6 Å². The quantitative estimate of drug-likeness (QED) is 0.136. The van der Waals surface area contributed by atoms with Crippen LogP contribution in [0.1, 0.15) is 75.7 Å². The fourth-order valence-corrected chi connectivity index (χ4v) is 6.90. The number of ketones is 1. The van der Waals surface area contributed by atoms with Crippen LogP contribution < -0.4 is 8.92 Å². The zero-order chi connectivity index (χ0) is 34.3. The van der Waals surface area contributed by atoms with Gasteiger partial charge in [-0.05, 0) is 81.7 Å². The summed E-state index contributed by atoms with van der Waals surface area (Å²) in [5.41, 5.74) is -5.18. The molecule has 0 unspecified atom stereocenters. The third kappa shape index (κ3) is 6.21. The Bertz CT molecular complexity index is 1790. The highest BCUT2D eigenvalue weighted by molar-refractivity contribution is 7.88. The molecule has 2 aromatic carbocycles. The predicted molar refractivity (Wildman–Crippen MR) is 166 cm³/mol. The standard InChI is InChI=1S/C32H39F3O9SSi/c1-29(2,3)46(8,9)40-17-25-24(42-31(6,7)43-25)16-39-18-10-12-20-22(14-18)30(4,5)28-26(27(20)36)21-13-11-19(15-23(21)41-28)44-45(37,38)32(33,34)35/h10-15,24-25H,16-17H2,1-9H3/t24-,25-/m1/s1. The second-order valence-corrected chi connectivity index (χ2v) is 20.6. The van der Waals surface area contributed by atoms with Crippen LogP contribution >= 0.6 is 0 Å². The number of benzene rings is 2. The summed E-state index contributed by atoms with van der Waals surface area (Å²) >= 11 is 0. The SMILES string of the molecule is CC1(C)O[C@H](COc2ccc3c(c2)C(C)(C)c2oc4cc(OS(=O)(=O)C(F)(F)F)ccc4c2C3=O)[C@@H](CO[Si](C)(C)C(C)(C)C)O1. The molecule has 1 aromatic heterocycles. The third-order valence-electron chi connectivity index (χ3n) is 8.97. The summed E-state index contributed by atoms with van der Waals surface area (Å²) in [6, 6.07) is 8.50. The van der Waals surface area contributed by atoms with Crippen molar-refractivity contribution in [1.29, 1.82) is 0 Å². The Morgan fingerprint density at radius 1 is 0.913 bits per heavy atom. The molecule has 0 radical (unpaired) electrons. The molecule has 14 heteroatoms. The number of fused-ring (bicyclic) bond motifs is 4. The fraction of sp³-hybridized carbons (Fsp3) is 0.531. The average Bonchev–Trinajstić information content (AvgIpc) is 3.45. The van der Waals surface area contributed by atoms with E-state index in [1.54, 1.807) is 18.2 Å². The van der Waals surface area contributed by atoms with Crippen LogP contribution in [0.2, 0.25) is 18.1 Å². The minimum atomic E-state index is -5.89. The summed E-state index contributed by atoms with van der Waals surface area (Å²) in [7, 11) is -7.92. The van der Waals surface area contributed by atoms with Crippen molar-refractivity contribution in [3.8, 4) is 11.5 Å². The van der Waals surface area contributed by atoms with Crippen LogP contribution in [0, 0.1) is 0 Å². The van der Waals surface area contributed by atoms with Gasteiger partial charge < -0.3 is 27.2 Å². The number of carbonyl (C=O) groups is 1. The van der Waals surface area contributed by atoms with Crippen LogP contribution in [0.25, 0.3) is 11.0 Å². The summed E-state index contributed by atoms with van der Waals surface area (Å²) in [6.45, 7) is 18.8. The Labute approximate surface area is 267 Å². The summed E-state index contributed by atoms with van der Waals surface area (Å²) in [4.78, 5) is 13.7. The van der Waals surface area contributed by atoms with E-state index in [2.05, 4.69) is 38.0 Å². The van der Waals surface area contributed by atoms with Crippen LogP contribution in [0.5, 0.6) is 11.5 Å². The van der Waals surface area contributed by atoms with Gasteiger partial charge in [-0.15, -0.1) is 0 Å². The van der Waals surface area contributed by atoms with Crippen molar-refractivity contribution in [2.45, 2.75) is 95.5 Å². The Balaban J connectivity index is 1.38. The predicted octanol–water partition coefficient (Wildman–Crippen LogP) is 7.45. The molecule has 2 heterocycles. The molecule has 5 rings (SSSR count). The zero-order valence-corrected chi connectivity index (χ0v) is 29.1. The molecular formula is C32H39F3O9SSi. The van der Waals surface area contributed by atoms with E-state index < -0.39 is 47.0 Å². The molecule has 2 atom stereocenters. The Morgan fingerprint density at radius 3 is 2.13 bits per heavy atom. The fourth-order valence-electron chi connectivity index (χ4n) is 5.43. The molecule has 46 heavy (non-hydrogen) atoms. The number of hydrogen-bond acceptors (Lipinski definition) is 9. The first-order valence-electron chi connectivity index (χ1n) is 14.8. The van der Waals surface area contributed by atoms with Crippen molar-refractivity contribution in [3.63, 3.8) is 0 Å². The van der Waals surface area contributed by atoms with E-state index in [4.69, 9.17) is 23.1 Å². The topological polar surface area (TPSA) is 110 Å². The van der Waals surface area contributed by atoms with Gasteiger partial charge in [-0.3, -0.25) is 4.79 Å². The summed E-state index contributed by atoms with van der Waals surface area (Å²) in [5.74, 6) is -0.985. The lowest BCUT2D eigenvalue weighted by molar-refractivity contribution is -0.150. The zero-order valence-electron chi connectivity index (χ0n) is 27.2. The molecule has 3 aromatic rings. The molecule has 1 saturated heterocycles. The minimum Gasteiger partial charge on any atom is -0.491 e. The second-order valence-electron chi connectivity index (χ2n) is 14.2. The van der Waals surface area contributed by atoms with E-state index in [0.717, 1.165) is 12.1 Å². The summed E-state index contributed by atoms with van der Waals surface area (Å²) in [5, 5.41) is 0.355. The summed E-state index contributed by atoms with van der Waals surface area (Å²) in [6.07, 6.45) is -0.761. The highest BCUT2D eigenvalue weighted by Crippen LogP contribution is 2.47. The Hall–Kier alpha value is -2.91. The Morgan fingerprint density at radius 2 is 1.52 bits per heavy atom. The lowest BCUT2D eigenvalue weighted by Crippen LogP contribution is -2.44. The molecule has 0 bridgehead atoms. The van der Waals surface area contributed by atoms with E-state index in [9.17, 15) is 26.4 Å². The number of ether oxygens (including phenoxy) is 3. The monoisotopic (exact) mass is 684 g/mol. The van der Waals surface area contributed by atoms with Crippen molar-refractivity contribution in [3.05, 3.63) is 58.8 Å². The van der Waals surface area contributed by atoms with E-state index in [-0.39, 0.29) is 40.4 Å². The average molecular weight is 685 g/mol. The van der Waals surface area contributed by atoms with Crippen molar-refractivity contribution in [1.82, 2.24) is 0 Å². The number of halogens is 3. The van der Waals surface area contributed by atoms with Crippen LogP contribution in [0.15, 0.2) is 40.8 Å². The lowest BCUT2D eigenvalue weighted by atomic mass is 9.71. The molecule has 0 spiro atoms. The lowest BCUT2D eigenvalue weighted by Gasteiger charge is -2.37. The van der Waals surface area contributed by atoms with Crippen LogP contribution in [-0.4, -0.2) is 59.2 Å². The Kier molecular flexibility index (Phi) is 8.29. The maximum Gasteiger partial charge on any atom is 0.534 e. The maximum atomic E-state index is 13.7. The molecule has 9 nitrogen and oxygen atoms in total. The van der Waals surface area contributed by atoms with Crippen molar-refractivity contribution < 1.29 is 53.6 Å². The van der Waals surface area contributed by atoms with Crippen LogP contribution in [-0.2, 0) is 29.4 Å². The molecule has 1 fully saturated rings. The molecule has 0 amide bonds. The highest BCUT2D eigenvalue weighted by atomic mass is 32.2. The van der Waals surface area contributed by atoms with Crippen LogP contribution in [0.3, 0.4) is 0 Å². The number of rotatable bonds is 8. The van der Waals surface area contributed by atoms with Crippen LogP contribution in [0.4, 0.5) is 13.2 Å². The first kappa shape index (κ1) is 34.4. The number of hydrogen-bond donors (Lipinski definition) is 0. The van der Waals surface area contributed by atoms with Crippen molar-refractivity contribution >= 4 is 35.2 Å². The van der Waals surface area contributed by atoms with Gasteiger partial charge in [0.25, 0.3) is 0 Å². The molecular weight excluding hydrogens is 645 g/mol. The van der Waals surface area contributed by atoms with Gasteiger partial charge in [0.2, 0.25) is 0 Å². The van der Waals surface area contributed by atoms with Gasteiger partial charge in [-0.25, -0.2) is 0 Å². The third-order valence-corrected chi connectivity index (χ3v) is 14.4. The molecule has 252 valence electrons. The number of furan rings is 1. The number of alkyl halides is 3. The van der Waals surface area contributed by atoms with Gasteiger partial charge in [0, 0.05) is 22.4 Å². The largest absolute Gasteiger partial charge is 0.534 e. The minimum absolute atomic E-state index is 0.0116. The maximum absolute atomic E-state index is 13.7. The van der Waals surface area contributed by atoms with E-state index in [1.165, 1.54) is 6.07 Å². The molecule has 0 saturated carbocycles. The van der Waals surface area contributed by atoms with Crippen molar-refractivity contribution in [2.75, 3.05) is 13.2 Å². The first-order valence-corrected chi connectivity index (χ1v) is 19.1. The molecule has 1 aliphatic heterocycles.